The third-order valence-corrected chi connectivity index (χ3v) is 8.13. The van der Waals surface area contributed by atoms with Crippen LogP contribution in [-0.2, 0) is 16.0 Å². The summed E-state index contributed by atoms with van der Waals surface area (Å²) >= 11 is 0. The van der Waals surface area contributed by atoms with Gasteiger partial charge in [-0.2, -0.15) is 0 Å². The van der Waals surface area contributed by atoms with Gasteiger partial charge in [0, 0.05) is 31.1 Å². The molecule has 0 radical (unpaired) electrons. The molecule has 1 aliphatic carbocycles. The Morgan fingerprint density at radius 2 is 1.71 bits per heavy atom. The molecule has 6 rings (SSSR count). The first-order valence-electron chi connectivity index (χ1n) is 14.3. The summed E-state index contributed by atoms with van der Waals surface area (Å²) in [6, 6.07) is 17.7. The van der Waals surface area contributed by atoms with Crippen LogP contribution in [0.1, 0.15) is 50.3 Å². The second-order valence-electron chi connectivity index (χ2n) is 10.8. The Morgan fingerprint density at radius 3 is 2.49 bits per heavy atom. The molecular formula is C32H33N5O4. The molecule has 210 valence electrons. The number of aromatic nitrogens is 4. The Bertz CT molecular complexity index is 1770. The van der Waals surface area contributed by atoms with Gasteiger partial charge in [-0.15, -0.1) is 0 Å². The standard InChI is InChI=1S/C32H33N5O4/c38-29(39)13-7-5-11-26-30(21-8-2-1-3-9-21)34-24-15-14-22(20-27(24)33-26)31(40)36-18-16-23(17-19-36)37-28-12-6-4-10-25(28)35-32(37)41/h1-4,6,8-10,12,15,20,22-23H,5,7,11,13-14,16-19H2,(H,35,41)(H,38,39)/t22-/m0/s1. The zero-order chi connectivity index (χ0) is 28.3. The highest BCUT2D eigenvalue weighted by atomic mass is 16.4. The van der Waals surface area contributed by atoms with Gasteiger partial charge in [-0.05, 0) is 56.7 Å². The van der Waals surface area contributed by atoms with Gasteiger partial charge >= 0.3 is 11.7 Å². The van der Waals surface area contributed by atoms with Crippen molar-refractivity contribution >= 4 is 35.1 Å². The lowest BCUT2D eigenvalue weighted by molar-refractivity contribution is -0.137. The van der Waals surface area contributed by atoms with Crippen molar-refractivity contribution in [2.75, 3.05) is 13.1 Å². The van der Waals surface area contributed by atoms with Gasteiger partial charge in [-0.25, -0.2) is 14.8 Å². The van der Waals surface area contributed by atoms with Crippen molar-refractivity contribution in [1.82, 2.24) is 24.4 Å². The Morgan fingerprint density at radius 1 is 0.951 bits per heavy atom. The van der Waals surface area contributed by atoms with E-state index in [9.17, 15) is 14.4 Å². The number of aryl methyl sites for hydroxylation is 1. The number of carbonyl (C=O) groups excluding carboxylic acids is 1. The van der Waals surface area contributed by atoms with E-state index in [4.69, 9.17) is 15.1 Å². The number of nitrogens with zero attached hydrogens (tertiary/aromatic N) is 4. The number of aromatic amines is 1. The maximum atomic E-state index is 13.6. The number of carbonyl (C=O) groups is 2. The Kier molecular flexibility index (Phi) is 7.50. The number of amides is 1. The predicted octanol–water partition coefficient (Wildman–Crippen LogP) is 3.03. The van der Waals surface area contributed by atoms with Crippen molar-refractivity contribution in [2.45, 2.75) is 51.0 Å². The van der Waals surface area contributed by atoms with E-state index in [-0.39, 0.29) is 30.0 Å². The number of rotatable bonds is 8. The van der Waals surface area contributed by atoms with Crippen molar-refractivity contribution in [3.05, 3.63) is 81.5 Å². The fourth-order valence-corrected chi connectivity index (χ4v) is 6.03. The van der Waals surface area contributed by atoms with Gasteiger partial charge in [0.15, 0.2) is 0 Å². The highest BCUT2D eigenvalue weighted by Gasteiger charge is 2.29. The van der Waals surface area contributed by atoms with Crippen molar-refractivity contribution in [3.63, 3.8) is 0 Å². The summed E-state index contributed by atoms with van der Waals surface area (Å²) in [6.45, 7) is 1.19. The zero-order valence-electron chi connectivity index (χ0n) is 22.8. The third kappa shape index (κ3) is 5.57. The smallest absolute Gasteiger partial charge is 0.326 e. The SMILES string of the molecule is O=C(O)CCCCc1nc2c(nc1-c1ccccc1)=CC[C@H](C(=O)N1CCC(n3c(=O)[nH]c4ccccc43)CC1)C=2. The number of aliphatic carboxylic acids is 1. The fraction of sp³-hybridized carbons (Fsp3) is 0.344. The first-order chi connectivity index (χ1) is 20.0. The van der Waals surface area contributed by atoms with E-state index in [0.717, 1.165) is 46.2 Å². The minimum Gasteiger partial charge on any atom is -0.481 e. The zero-order valence-corrected chi connectivity index (χ0v) is 22.8. The molecule has 3 heterocycles. The molecule has 9 heteroatoms. The molecule has 1 atom stereocenters. The topological polar surface area (TPSA) is 121 Å². The molecule has 2 N–H and O–H groups in total. The molecule has 1 saturated heterocycles. The molecule has 0 unspecified atom stereocenters. The summed E-state index contributed by atoms with van der Waals surface area (Å²) in [6.07, 6.45) is 7.96. The van der Waals surface area contributed by atoms with Crippen LogP contribution in [-0.4, -0.2) is 54.5 Å². The number of likely N-dealkylation sites (tertiary alicyclic amines) is 1. The fourth-order valence-electron chi connectivity index (χ4n) is 6.03. The van der Waals surface area contributed by atoms with Crippen molar-refractivity contribution in [3.8, 4) is 11.3 Å². The second-order valence-corrected chi connectivity index (χ2v) is 10.8. The maximum Gasteiger partial charge on any atom is 0.326 e. The lowest BCUT2D eigenvalue weighted by Crippen LogP contribution is -2.45. The van der Waals surface area contributed by atoms with Crippen LogP contribution in [0.4, 0.5) is 0 Å². The van der Waals surface area contributed by atoms with E-state index in [2.05, 4.69) is 4.98 Å². The number of carboxylic acids is 1. The van der Waals surface area contributed by atoms with Gasteiger partial charge < -0.3 is 15.0 Å². The van der Waals surface area contributed by atoms with Gasteiger partial charge in [0.1, 0.15) is 0 Å². The van der Waals surface area contributed by atoms with E-state index >= 15 is 0 Å². The van der Waals surface area contributed by atoms with Crippen LogP contribution in [0, 0.1) is 5.92 Å². The first-order valence-corrected chi connectivity index (χ1v) is 14.3. The van der Waals surface area contributed by atoms with Crippen LogP contribution < -0.4 is 16.4 Å². The monoisotopic (exact) mass is 551 g/mol. The maximum absolute atomic E-state index is 13.6. The molecule has 4 aromatic rings. The summed E-state index contributed by atoms with van der Waals surface area (Å²) in [5.74, 6) is -1.04. The number of unbranched alkanes of at least 4 members (excludes halogenated alkanes) is 1. The normalized spacial score (nSPS) is 17.1. The van der Waals surface area contributed by atoms with Crippen molar-refractivity contribution in [2.24, 2.45) is 5.92 Å². The number of para-hydroxylation sites is 2. The number of H-pyrrole nitrogens is 1. The predicted molar refractivity (Wildman–Crippen MR) is 156 cm³/mol. The molecule has 0 saturated carbocycles. The highest BCUT2D eigenvalue weighted by molar-refractivity contribution is 5.85. The van der Waals surface area contributed by atoms with Gasteiger partial charge in [0.25, 0.3) is 0 Å². The van der Waals surface area contributed by atoms with Crippen LogP contribution in [0.5, 0.6) is 0 Å². The van der Waals surface area contributed by atoms with Crippen molar-refractivity contribution < 1.29 is 14.7 Å². The quantitative estimate of drug-likeness (QED) is 0.325. The van der Waals surface area contributed by atoms with E-state index < -0.39 is 5.97 Å². The minimum absolute atomic E-state index is 0.0521. The number of imidazole rings is 1. The molecule has 1 aliphatic heterocycles. The molecule has 41 heavy (non-hydrogen) atoms. The number of carboxylic acid groups (broad SMARTS) is 1. The third-order valence-electron chi connectivity index (χ3n) is 8.13. The summed E-state index contributed by atoms with van der Waals surface area (Å²) in [5, 5.41) is 10.5. The Labute approximate surface area is 236 Å². The average Bonchev–Trinajstić information content (AvgIpc) is 3.34. The number of piperidine rings is 1. The van der Waals surface area contributed by atoms with E-state index in [0.29, 0.717) is 44.1 Å². The molecule has 0 bridgehead atoms. The molecule has 0 spiro atoms. The average molecular weight is 552 g/mol. The largest absolute Gasteiger partial charge is 0.481 e. The van der Waals surface area contributed by atoms with Gasteiger partial charge in [0.05, 0.1) is 39.0 Å². The van der Waals surface area contributed by atoms with Crippen LogP contribution in [0.3, 0.4) is 0 Å². The molecule has 1 amide bonds. The van der Waals surface area contributed by atoms with Crippen LogP contribution >= 0.6 is 0 Å². The van der Waals surface area contributed by atoms with Crippen molar-refractivity contribution in [1.29, 1.82) is 0 Å². The molecule has 2 aromatic heterocycles. The summed E-state index contributed by atoms with van der Waals surface area (Å²) in [5.41, 5.74) is 4.24. The van der Waals surface area contributed by atoms with Crippen LogP contribution in [0.15, 0.2) is 59.4 Å². The van der Waals surface area contributed by atoms with Gasteiger partial charge in [-0.1, -0.05) is 48.5 Å². The second kappa shape index (κ2) is 11.5. The molecule has 2 aliphatic rings. The summed E-state index contributed by atoms with van der Waals surface area (Å²) < 4.78 is 1.84. The van der Waals surface area contributed by atoms with Crippen LogP contribution in [0.2, 0.25) is 0 Å². The summed E-state index contributed by atoms with van der Waals surface area (Å²) in [7, 11) is 0. The van der Waals surface area contributed by atoms with E-state index in [1.807, 2.05) is 76.2 Å². The van der Waals surface area contributed by atoms with E-state index in [1.54, 1.807) is 0 Å². The van der Waals surface area contributed by atoms with Gasteiger partial charge in [0.2, 0.25) is 5.91 Å². The first kappa shape index (κ1) is 26.7. The number of hydrogen-bond acceptors (Lipinski definition) is 5. The Balaban J connectivity index is 1.20. The minimum atomic E-state index is -0.799. The molecule has 2 aromatic carbocycles. The summed E-state index contributed by atoms with van der Waals surface area (Å²) in [4.78, 5) is 52.0. The number of hydrogen-bond donors (Lipinski definition) is 2. The highest BCUT2D eigenvalue weighted by Crippen LogP contribution is 2.27. The molecular weight excluding hydrogens is 518 g/mol. The number of fused-ring (bicyclic) bond motifs is 2. The number of benzene rings is 2. The Hall–Kier alpha value is -4.53. The van der Waals surface area contributed by atoms with Gasteiger partial charge in [-0.3, -0.25) is 14.2 Å². The van der Waals surface area contributed by atoms with Crippen LogP contribution in [0.25, 0.3) is 34.4 Å². The molecule has 1 fully saturated rings. The lowest BCUT2D eigenvalue weighted by atomic mass is 9.96. The lowest BCUT2D eigenvalue weighted by Gasteiger charge is -2.34. The van der Waals surface area contributed by atoms with E-state index in [1.165, 1.54) is 0 Å². The number of nitrogens with one attached hydrogen (secondary N) is 1. The molecule has 9 nitrogen and oxygen atoms in total.